The summed E-state index contributed by atoms with van der Waals surface area (Å²) in [7, 11) is -1.38. The first kappa shape index (κ1) is 24.3. The van der Waals surface area contributed by atoms with Crippen LogP contribution in [0.4, 0.5) is 16.2 Å². The molecule has 0 spiro atoms. The summed E-state index contributed by atoms with van der Waals surface area (Å²) in [5.41, 5.74) is 2.33. The number of fused-ring (bicyclic) bond motifs is 1. The van der Waals surface area contributed by atoms with Crippen LogP contribution in [0, 0.1) is 0 Å². The quantitative estimate of drug-likeness (QED) is 0.451. The standard InChI is InChI=1S/C26H26N2O6S/c1-17(2)18-9-12-21(13-10-18)28-26(30)27(22-7-5-6-8-24(22)35(28,31)32)16-20-15-19(25(29)34-4)11-14-23(20)33-3/h5-15,17H,16H2,1-4H3. The van der Waals surface area contributed by atoms with Gasteiger partial charge in [0, 0.05) is 5.56 Å². The summed E-state index contributed by atoms with van der Waals surface area (Å²) in [4.78, 5) is 27.2. The van der Waals surface area contributed by atoms with Crippen molar-refractivity contribution in [3.05, 3.63) is 83.4 Å². The summed E-state index contributed by atoms with van der Waals surface area (Å²) in [6, 6.07) is 17.3. The van der Waals surface area contributed by atoms with Gasteiger partial charge in [-0.25, -0.2) is 18.0 Å². The molecule has 0 saturated heterocycles. The zero-order chi connectivity index (χ0) is 25.3. The predicted molar refractivity (Wildman–Crippen MR) is 133 cm³/mol. The maximum absolute atomic E-state index is 13.7. The second-order valence-electron chi connectivity index (χ2n) is 8.37. The molecule has 0 fully saturated rings. The second-order valence-corrected chi connectivity index (χ2v) is 10.1. The van der Waals surface area contributed by atoms with Gasteiger partial charge in [-0.05, 0) is 53.9 Å². The molecule has 0 unspecified atom stereocenters. The molecule has 0 atom stereocenters. The fourth-order valence-electron chi connectivity index (χ4n) is 4.03. The molecule has 8 nitrogen and oxygen atoms in total. The number of amides is 2. The second kappa shape index (κ2) is 9.42. The summed E-state index contributed by atoms with van der Waals surface area (Å²) in [5.74, 6) is 0.169. The topological polar surface area (TPSA) is 93.2 Å². The number of benzene rings is 3. The molecule has 0 aliphatic carbocycles. The van der Waals surface area contributed by atoms with Gasteiger partial charge < -0.3 is 9.47 Å². The van der Waals surface area contributed by atoms with Crippen LogP contribution in [0.5, 0.6) is 5.75 Å². The van der Waals surface area contributed by atoms with Gasteiger partial charge >= 0.3 is 12.0 Å². The van der Waals surface area contributed by atoms with Crippen molar-refractivity contribution in [3.63, 3.8) is 0 Å². The lowest BCUT2D eigenvalue weighted by Gasteiger charge is -2.36. The van der Waals surface area contributed by atoms with Crippen molar-refractivity contribution in [2.75, 3.05) is 23.4 Å². The highest BCUT2D eigenvalue weighted by atomic mass is 32.2. The predicted octanol–water partition coefficient (Wildman–Crippen LogP) is 4.94. The van der Waals surface area contributed by atoms with E-state index in [1.807, 2.05) is 26.0 Å². The molecule has 182 valence electrons. The lowest BCUT2D eigenvalue weighted by atomic mass is 10.0. The lowest BCUT2D eigenvalue weighted by molar-refractivity contribution is 0.0600. The van der Waals surface area contributed by atoms with Crippen LogP contribution in [0.2, 0.25) is 0 Å². The number of rotatable bonds is 6. The van der Waals surface area contributed by atoms with Crippen LogP contribution in [0.25, 0.3) is 0 Å². The van der Waals surface area contributed by atoms with Crippen molar-refractivity contribution in [2.45, 2.75) is 31.2 Å². The number of urea groups is 1. The number of carbonyl (C=O) groups excluding carboxylic acids is 2. The summed E-state index contributed by atoms with van der Waals surface area (Å²) in [6.45, 7) is 4.04. The minimum Gasteiger partial charge on any atom is -0.496 e. The van der Waals surface area contributed by atoms with Crippen LogP contribution >= 0.6 is 0 Å². The first-order chi connectivity index (χ1) is 16.7. The third kappa shape index (κ3) is 4.35. The van der Waals surface area contributed by atoms with Gasteiger partial charge in [0.1, 0.15) is 10.6 Å². The zero-order valence-corrected chi connectivity index (χ0v) is 20.7. The van der Waals surface area contributed by atoms with Crippen molar-refractivity contribution in [1.29, 1.82) is 0 Å². The molecule has 1 aliphatic rings. The Bertz CT molecular complexity index is 1380. The van der Waals surface area contributed by atoms with Crippen LogP contribution in [0.1, 0.15) is 41.3 Å². The van der Waals surface area contributed by atoms with E-state index >= 15 is 0 Å². The van der Waals surface area contributed by atoms with Gasteiger partial charge in [-0.15, -0.1) is 0 Å². The molecule has 0 N–H and O–H groups in total. The number of sulfonamides is 1. The number of hydrogen-bond acceptors (Lipinski definition) is 6. The van der Waals surface area contributed by atoms with Crippen LogP contribution < -0.4 is 13.9 Å². The highest BCUT2D eigenvalue weighted by molar-refractivity contribution is 7.94. The molecule has 3 aromatic rings. The largest absolute Gasteiger partial charge is 0.496 e. The van der Waals surface area contributed by atoms with Gasteiger partial charge in [-0.2, -0.15) is 4.31 Å². The first-order valence-electron chi connectivity index (χ1n) is 11.0. The average Bonchev–Trinajstić information content (AvgIpc) is 2.86. The molecular weight excluding hydrogens is 468 g/mol. The van der Waals surface area contributed by atoms with E-state index < -0.39 is 22.0 Å². The number of nitrogens with zero attached hydrogens (tertiary/aromatic N) is 2. The Hall–Kier alpha value is -3.85. The highest BCUT2D eigenvalue weighted by Crippen LogP contribution is 2.39. The maximum atomic E-state index is 13.7. The Balaban J connectivity index is 1.83. The fraction of sp³-hybridized carbons (Fsp3) is 0.231. The first-order valence-corrected chi connectivity index (χ1v) is 12.4. The Labute approximate surface area is 204 Å². The number of hydrogen-bond donors (Lipinski definition) is 0. The van der Waals surface area contributed by atoms with Gasteiger partial charge in [0.2, 0.25) is 0 Å². The maximum Gasteiger partial charge on any atom is 0.343 e. The van der Waals surface area contributed by atoms with Crippen molar-refractivity contribution in [3.8, 4) is 5.75 Å². The third-order valence-corrected chi connectivity index (χ3v) is 7.65. The Kier molecular flexibility index (Phi) is 6.53. The van der Waals surface area contributed by atoms with Gasteiger partial charge in [-0.3, -0.25) is 4.90 Å². The van der Waals surface area contributed by atoms with E-state index in [0.717, 1.165) is 9.87 Å². The molecular formula is C26H26N2O6S. The van der Waals surface area contributed by atoms with Crippen LogP contribution in [-0.4, -0.2) is 34.6 Å². The molecule has 4 rings (SSSR count). The van der Waals surface area contributed by atoms with E-state index in [2.05, 4.69) is 0 Å². The monoisotopic (exact) mass is 494 g/mol. The fourth-order valence-corrected chi connectivity index (χ4v) is 5.62. The van der Waals surface area contributed by atoms with Crippen molar-refractivity contribution in [2.24, 2.45) is 0 Å². The van der Waals surface area contributed by atoms with E-state index in [4.69, 9.17) is 9.47 Å². The van der Waals surface area contributed by atoms with E-state index in [0.29, 0.717) is 11.3 Å². The number of esters is 1. The molecule has 2 amide bonds. The molecule has 1 heterocycles. The molecule has 9 heteroatoms. The minimum atomic E-state index is -4.15. The minimum absolute atomic E-state index is 0.00984. The number of carbonyl (C=O) groups is 2. The van der Waals surface area contributed by atoms with Gasteiger partial charge in [0.05, 0.1) is 37.7 Å². The molecule has 0 bridgehead atoms. The Morgan fingerprint density at radius 2 is 1.66 bits per heavy atom. The highest BCUT2D eigenvalue weighted by Gasteiger charge is 2.42. The molecule has 1 aliphatic heterocycles. The number of anilines is 2. The number of methoxy groups -OCH3 is 2. The van der Waals surface area contributed by atoms with Crippen LogP contribution in [0.15, 0.2) is 71.6 Å². The summed E-state index contributed by atoms with van der Waals surface area (Å²) >= 11 is 0. The molecule has 3 aromatic carbocycles. The third-order valence-electron chi connectivity index (χ3n) is 5.90. The number of para-hydroxylation sites is 1. The average molecular weight is 495 g/mol. The van der Waals surface area contributed by atoms with Crippen LogP contribution in [0.3, 0.4) is 0 Å². The summed E-state index contributed by atoms with van der Waals surface area (Å²) < 4.78 is 38.1. The van der Waals surface area contributed by atoms with Gasteiger partial charge in [0.25, 0.3) is 10.0 Å². The van der Waals surface area contributed by atoms with Crippen molar-refractivity contribution < 1.29 is 27.5 Å². The van der Waals surface area contributed by atoms with E-state index in [1.54, 1.807) is 48.5 Å². The SMILES string of the molecule is COC(=O)c1ccc(OC)c(CN2C(=O)N(c3ccc(C(C)C)cc3)S(=O)(=O)c3ccccc32)c1. The molecule has 0 radical (unpaired) electrons. The Morgan fingerprint density at radius 1 is 0.971 bits per heavy atom. The smallest absolute Gasteiger partial charge is 0.343 e. The van der Waals surface area contributed by atoms with Crippen molar-refractivity contribution >= 4 is 33.4 Å². The summed E-state index contributed by atoms with van der Waals surface area (Å²) in [5, 5.41) is 0. The summed E-state index contributed by atoms with van der Waals surface area (Å²) in [6.07, 6.45) is 0. The van der Waals surface area contributed by atoms with E-state index in [1.165, 1.54) is 25.2 Å². The van der Waals surface area contributed by atoms with E-state index in [-0.39, 0.29) is 34.3 Å². The van der Waals surface area contributed by atoms with Crippen LogP contribution in [-0.2, 0) is 21.3 Å². The molecule has 0 aromatic heterocycles. The Morgan fingerprint density at radius 3 is 2.29 bits per heavy atom. The zero-order valence-electron chi connectivity index (χ0n) is 19.9. The van der Waals surface area contributed by atoms with Gasteiger partial charge in [-0.1, -0.05) is 38.1 Å². The molecule has 35 heavy (non-hydrogen) atoms. The van der Waals surface area contributed by atoms with E-state index in [9.17, 15) is 18.0 Å². The van der Waals surface area contributed by atoms with Gasteiger partial charge in [0.15, 0.2) is 0 Å². The molecule has 0 saturated carbocycles. The van der Waals surface area contributed by atoms with Crippen molar-refractivity contribution in [1.82, 2.24) is 0 Å². The number of ether oxygens (including phenoxy) is 2. The normalized spacial score (nSPS) is 14.6. The lowest BCUT2D eigenvalue weighted by Crippen LogP contribution is -2.50.